The Morgan fingerprint density at radius 3 is 2.65 bits per heavy atom. The topological polar surface area (TPSA) is 9.23 Å². The Hall–Kier alpha value is -0.343. The second-order valence-corrected chi connectivity index (χ2v) is 11.5. The minimum atomic E-state index is -1.57. The quantitative estimate of drug-likeness (QED) is 0.645. The first-order valence-electron chi connectivity index (χ1n) is 6.71. The van der Waals surface area contributed by atoms with Crippen LogP contribution < -0.4 is 0 Å². The second-order valence-electron chi connectivity index (χ2n) is 6.70. The molecule has 0 heterocycles. The van der Waals surface area contributed by atoms with Crippen LogP contribution in [0.4, 0.5) is 0 Å². The molecule has 1 nitrogen and oxygen atoms in total. The fraction of sp³-hybridized carbons (Fsp3) is 0.733. The van der Waals surface area contributed by atoms with E-state index in [2.05, 4.69) is 46.5 Å². The number of hydrogen-bond acceptors (Lipinski definition) is 1. The standard InChI is InChI=1S/C15H28OSi/c1-7-13-9-8-10-14(11-13)12-16-17(5,6)15(2,3)4/h7,9,14H,1,8,10-12H2,2-6H3/t14-/m1/s1. The third-order valence-corrected chi connectivity index (χ3v) is 8.75. The van der Waals surface area contributed by atoms with Gasteiger partial charge >= 0.3 is 0 Å². The Kier molecular flexibility index (Phi) is 4.79. The van der Waals surface area contributed by atoms with Gasteiger partial charge in [0, 0.05) is 6.61 Å². The van der Waals surface area contributed by atoms with Crippen molar-refractivity contribution in [3.63, 3.8) is 0 Å². The Labute approximate surface area is 108 Å². The molecule has 0 spiro atoms. The minimum Gasteiger partial charge on any atom is -0.417 e. The van der Waals surface area contributed by atoms with Crippen LogP contribution >= 0.6 is 0 Å². The number of hydrogen-bond donors (Lipinski definition) is 0. The van der Waals surface area contributed by atoms with Crippen LogP contribution in [0, 0.1) is 5.92 Å². The van der Waals surface area contributed by atoms with Crippen molar-refractivity contribution in [3.8, 4) is 0 Å². The number of allylic oxidation sites excluding steroid dienone is 3. The van der Waals surface area contributed by atoms with E-state index >= 15 is 0 Å². The second kappa shape index (κ2) is 5.53. The van der Waals surface area contributed by atoms with Crippen molar-refractivity contribution in [2.24, 2.45) is 5.92 Å². The molecule has 1 atom stereocenters. The van der Waals surface area contributed by atoms with Crippen LogP contribution in [0.3, 0.4) is 0 Å². The Balaban J connectivity index is 2.47. The Morgan fingerprint density at radius 1 is 1.47 bits per heavy atom. The lowest BCUT2D eigenvalue weighted by atomic mass is 9.89. The van der Waals surface area contributed by atoms with Crippen LogP contribution in [0.2, 0.25) is 18.1 Å². The molecule has 0 N–H and O–H groups in total. The highest BCUT2D eigenvalue weighted by Gasteiger charge is 2.37. The van der Waals surface area contributed by atoms with E-state index < -0.39 is 8.32 Å². The molecule has 0 aromatic carbocycles. The zero-order valence-electron chi connectivity index (χ0n) is 12.2. The molecule has 1 aliphatic rings. The van der Waals surface area contributed by atoms with E-state index in [1.807, 2.05) is 6.08 Å². The van der Waals surface area contributed by atoms with Crippen molar-refractivity contribution < 1.29 is 4.43 Å². The van der Waals surface area contributed by atoms with Gasteiger partial charge in [-0.3, -0.25) is 0 Å². The van der Waals surface area contributed by atoms with Gasteiger partial charge in [0.15, 0.2) is 8.32 Å². The molecular weight excluding hydrogens is 224 g/mol. The first-order chi connectivity index (χ1) is 7.76. The highest BCUT2D eigenvalue weighted by Crippen LogP contribution is 2.37. The molecule has 0 saturated heterocycles. The third kappa shape index (κ3) is 4.11. The van der Waals surface area contributed by atoms with Gasteiger partial charge in [0.25, 0.3) is 0 Å². The molecule has 0 bridgehead atoms. The van der Waals surface area contributed by atoms with E-state index in [4.69, 9.17) is 4.43 Å². The summed E-state index contributed by atoms with van der Waals surface area (Å²) in [5.41, 5.74) is 1.40. The van der Waals surface area contributed by atoms with Gasteiger partial charge in [-0.2, -0.15) is 0 Å². The highest BCUT2D eigenvalue weighted by molar-refractivity contribution is 6.74. The summed E-state index contributed by atoms with van der Waals surface area (Å²) in [7, 11) is -1.57. The normalized spacial score (nSPS) is 22.2. The molecule has 2 heteroatoms. The number of rotatable bonds is 4. The summed E-state index contributed by atoms with van der Waals surface area (Å²) >= 11 is 0. The zero-order valence-corrected chi connectivity index (χ0v) is 13.2. The van der Waals surface area contributed by atoms with Crippen molar-refractivity contribution in [1.29, 1.82) is 0 Å². The maximum atomic E-state index is 6.30. The van der Waals surface area contributed by atoms with Crippen LogP contribution in [0.1, 0.15) is 40.0 Å². The van der Waals surface area contributed by atoms with E-state index in [0.29, 0.717) is 11.0 Å². The fourth-order valence-corrected chi connectivity index (χ4v) is 2.96. The summed E-state index contributed by atoms with van der Waals surface area (Å²) in [5, 5.41) is 0.318. The van der Waals surface area contributed by atoms with Crippen LogP contribution in [0.25, 0.3) is 0 Å². The van der Waals surface area contributed by atoms with Gasteiger partial charge in [0.1, 0.15) is 0 Å². The molecule has 1 rings (SSSR count). The largest absolute Gasteiger partial charge is 0.417 e. The van der Waals surface area contributed by atoms with Gasteiger partial charge in [-0.25, -0.2) is 0 Å². The van der Waals surface area contributed by atoms with Crippen LogP contribution in [0.5, 0.6) is 0 Å². The molecule has 0 aromatic rings. The molecule has 17 heavy (non-hydrogen) atoms. The van der Waals surface area contributed by atoms with Crippen molar-refractivity contribution in [2.45, 2.75) is 58.2 Å². The van der Waals surface area contributed by atoms with Gasteiger partial charge in [0.2, 0.25) is 0 Å². The Morgan fingerprint density at radius 2 is 2.12 bits per heavy atom. The molecule has 1 aliphatic carbocycles. The first kappa shape index (κ1) is 14.7. The molecular formula is C15H28OSi. The van der Waals surface area contributed by atoms with E-state index in [-0.39, 0.29) is 0 Å². The summed E-state index contributed by atoms with van der Waals surface area (Å²) in [6.07, 6.45) is 7.92. The van der Waals surface area contributed by atoms with Gasteiger partial charge in [0.05, 0.1) is 0 Å². The summed E-state index contributed by atoms with van der Waals surface area (Å²) in [5.74, 6) is 0.696. The molecule has 0 amide bonds. The maximum Gasteiger partial charge on any atom is 0.191 e. The molecule has 0 aromatic heterocycles. The molecule has 0 unspecified atom stereocenters. The average Bonchev–Trinajstić information content (AvgIpc) is 2.25. The lowest BCUT2D eigenvalue weighted by molar-refractivity contribution is 0.217. The van der Waals surface area contributed by atoms with Crippen molar-refractivity contribution in [2.75, 3.05) is 6.61 Å². The van der Waals surface area contributed by atoms with Gasteiger partial charge in [-0.15, -0.1) is 0 Å². The summed E-state index contributed by atoms with van der Waals surface area (Å²) in [4.78, 5) is 0. The predicted molar refractivity (Wildman–Crippen MR) is 78.8 cm³/mol. The first-order valence-corrected chi connectivity index (χ1v) is 9.62. The molecule has 0 aliphatic heterocycles. The van der Waals surface area contributed by atoms with Crippen molar-refractivity contribution in [1.82, 2.24) is 0 Å². The van der Waals surface area contributed by atoms with Gasteiger partial charge in [-0.05, 0) is 43.3 Å². The predicted octanol–water partition coefficient (Wildman–Crippen LogP) is 4.92. The lowest BCUT2D eigenvalue weighted by Gasteiger charge is -2.37. The van der Waals surface area contributed by atoms with Crippen molar-refractivity contribution >= 4 is 8.32 Å². The van der Waals surface area contributed by atoms with Crippen LogP contribution in [-0.4, -0.2) is 14.9 Å². The monoisotopic (exact) mass is 252 g/mol. The average molecular weight is 252 g/mol. The summed E-state index contributed by atoms with van der Waals surface area (Å²) < 4.78 is 6.30. The van der Waals surface area contributed by atoms with Gasteiger partial charge in [-0.1, -0.05) is 45.1 Å². The third-order valence-electron chi connectivity index (χ3n) is 4.25. The Bertz CT molecular complexity index is 297. The SMILES string of the molecule is C=CC1=CCC[C@@H](CO[Si](C)(C)C(C)(C)C)C1. The molecule has 98 valence electrons. The smallest absolute Gasteiger partial charge is 0.191 e. The van der Waals surface area contributed by atoms with E-state index in [0.717, 1.165) is 13.0 Å². The maximum absolute atomic E-state index is 6.30. The molecule has 0 saturated carbocycles. The fourth-order valence-electron chi connectivity index (χ4n) is 1.87. The summed E-state index contributed by atoms with van der Waals surface area (Å²) in [6, 6.07) is 0. The van der Waals surface area contributed by atoms with Crippen LogP contribution in [-0.2, 0) is 4.43 Å². The zero-order chi connectivity index (χ0) is 13.1. The van der Waals surface area contributed by atoms with Gasteiger partial charge < -0.3 is 4.43 Å². The molecule has 0 radical (unpaired) electrons. The minimum absolute atomic E-state index is 0.318. The van der Waals surface area contributed by atoms with Crippen molar-refractivity contribution in [3.05, 3.63) is 24.3 Å². The molecule has 0 fully saturated rings. The highest BCUT2D eigenvalue weighted by atomic mass is 28.4. The van der Waals surface area contributed by atoms with E-state index in [1.165, 1.54) is 18.4 Å². The van der Waals surface area contributed by atoms with E-state index in [9.17, 15) is 0 Å². The van der Waals surface area contributed by atoms with E-state index in [1.54, 1.807) is 0 Å². The summed E-state index contributed by atoms with van der Waals surface area (Å²) in [6.45, 7) is 16.4. The van der Waals surface area contributed by atoms with Crippen LogP contribution in [0.15, 0.2) is 24.3 Å². The lowest BCUT2D eigenvalue weighted by Crippen LogP contribution is -2.42.